The van der Waals surface area contributed by atoms with Gasteiger partial charge in [0, 0.05) is 11.6 Å². The molecule has 1 fully saturated rings. The quantitative estimate of drug-likeness (QED) is 0.714. The third kappa shape index (κ3) is 5.50. The predicted molar refractivity (Wildman–Crippen MR) is 87.5 cm³/mol. The third-order valence-corrected chi connectivity index (χ3v) is 4.12. The zero-order valence-corrected chi connectivity index (χ0v) is 13.9. The predicted octanol–water partition coefficient (Wildman–Crippen LogP) is 3.84. The Morgan fingerprint density at radius 1 is 1.00 bits per heavy atom. The number of hydrogen-bond donors (Lipinski definition) is 0. The number of halogens is 1. The van der Waals surface area contributed by atoms with Crippen molar-refractivity contribution in [2.45, 2.75) is 33.1 Å². The minimum Gasteiger partial charge on any atom is -0.491 e. The molecule has 0 unspecified atom stereocenters. The molecule has 1 aromatic rings. The summed E-state index contributed by atoms with van der Waals surface area (Å²) < 4.78 is 11.5. The standard InChI is InChI=1S/C17H26ClNO2/c1-14-12-16(18)13-15(2)17(14)21-11-10-20-9-8-19-6-4-3-5-7-19/h12-13H,3-11H2,1-2H3. The van der Waals surface area contributed by atoms with Crippen molar-refractivity contribution in [3.63, 3.8) is 0 Å². The number of piperidine rings is 1. The van der Waals surface area contributed by atoms with Crippen molar-refractivity contribution in [3.8, 4) is 5.75 Å². The van der Waals surface area contributed by atoms with Crippen molar-refractivity contribution >= 4 is 11.6 Å². The highest BCUT2D eigenvalue weighted by Crippen LogP contribution is 2.26. The van der Waals surface area contributed by atoms with Gasteiger partial charge in [-0.15, -0.1) is 0 Å². The molecular formula is C17H26ClNO2. The summed E-state index contributed by atoms with van der Waals surface area (Å²) in [5.74, 6) is 0.930. The van der Waals surface area contributed by atoms with E-state index in [1.54, 1.807) is 0 Å². The van der Waals surface area contributed by atoms with Gasteiger partial charge in [0.2, 0.25) is 0 Å². The summed E-state index contributed by atoms with van der Waals surface area (Å²) in [6.45, 7) is 9.54. The van der Waals surface area contributed by atoms with Gasteiger partial charge < -0.3 is 14.4 Å². The molecule has 1 aromatic carbocycles. The van der Waals surface area contributed by atoms with E-state index in [0.717, 1.165) is 35.1 Å². The summed E-state index contributed by atoms with van der Waals surface area (Å²) in [7, 11) is 0. The van der Waals surface area contributed by atoms with Crippen molar-refractivity contribution in [2.24, 2.45) is 0 Å². The van der Waals surface area contributed by atoms with Gasteiger partial charge in [0.05, 0.1) is 13.2 Å². The van der Waals surface area contributed by atoms with E-state index < -0.39 is 0 Å². The molecule has 0 bridgehead atoms. The molecule has 3 nitrogen and oxygen atoms in total. The lowest BCUT2D eigenvalue weighted by Crippen LogP contribution is -2.32. The number of hydrogen-bond acceptors (Lipinski definition) is 3. The maximum absolute atomic E-state index is 6.01. The summed E-state index contributed by atoms with van der Waals surface area (Å²) in [6, 6.07) is 3.86. The largest absolute Gasteiger partial charge is 0.491 e. The lowest BCUT2D eigenvalue weighted by atomic mass is 10.1. The SMILES string of the molecule is Cc1cc(Cl)cc(C)c1OCCOCCN1CCCCC1. The number of likely N-dealkylation sites (tertiary alicyclic amines) is 1. The minimum atomic E-state index is 0.587. The molecule has 0 aromatic heterocycles. The zero-order chi connectivity index (χ0) is 15.1. The van der Waals surface area contributed by atoms with E-state index in [4.69, 9.17) is 21.1 Å². The van der Waals surface area contributed by atoms with Crippen molar-refractivity contribution in [1.29, 1.82) is 0 Å². The maximum atomic E-state index is 6.01. The Balaban J connectivity index is 1.61. The lowest BCUT2D eigenvalue weighted by molar-refractivity contribution is 0.0747. The topological polar surface area (TPSA) is 21.7 Å². The van der Waals surface area contributed by atoms with Crippen LogP contribution < -0.4 is 4.74 Å². The molecule has 1 aliphatic rings. The van der Waals surface area contributed by atoms with Gasteiger partial charge in [0.15, 0.2) is 0 Å². The Hall–Kier alpha value is -0.770. The fourth-order valence-electron chi connectivity index (χ4n) is 2.81. The first-order chi connectivity index (χ1) is 10.2. The van der Waals surface area contributed by atoms with Gasteiger partial charge in [-0.2, -0.15) is 0 Å². The van der Waals surface area contributed by atoms with Crippen molar-refractivity contribution < 1.29 is 9.47 Å². The Labute approximate surface area is 133 Å². The van der Waals surface area contributed by atoms with Crippen LogP contribution >= 0.6 is 11.6 Å². The van der Waals surface area contributed by atoms with Gasteiger partial charge >= 0.3 is 0 Å². The van der Waals surface area contributed by atoms with E-state index in [9.17, 15) is 0 Å². The summed E-state index contributed by atoms with van der Waals surface area (Å²) in [5.41, 5.74) is 2.15. The molecule has 0 atom stereocenters. The van der Waals surface area contributed by atoms with Crippen LogP contribution in [0.5, 0.6) is 5.75 Å². The van der Waals surface area contributed by atoms with Gasteiger partial charge in [-0.05, 0) is 63.0 Å². The van der Waals surface area contributed by atoms with E-state index in [2.05, 4.69) is 4.90 Å². The van der Waals surface area contributed by atoms with Gasteiger partial charge in [0.25, 0.3) is 0 Å². The Morgan fingerprint density at radius 3 is 2.33 bits per heavy atom. The molecule has 21 heavy (non-hydrogen) atoms. The highest BCUT2D eigenvalue weighted by molar-refractivity contribution is 6.30. The first-order valence-corrected chi connectivity index (χ1v) is 8.24. The zero-order valence-electron chi connectivity index (χ0n) is 13.2. The number of rotatable bonds is 7. The third-order valence-electron chi connectivity index (χ3n) is 3.90. The van der Waals surface area contributed by atoms with Crippen molar-refractivity contribution in [1.82, 2.24) is 4.90 Å². The van der Waals surface area contributed by atoms with Crippen molar-refractivity contribution in [3.05, 3.63) is 28.3 Å². The van der Waals surface area contributed by atoms with Crippen LogP contribution in [0.15, 0.2) is 12.1 Å². The first-order valence-electron chi connectivity index (χ1n) is 7.86. The second kappa shape index (κ2) is 8.62. The van der Waals surface area contributed by atoms with E-state index in [1.165, 1.54) is 32.4 Å². The second-order valence-corrected chi connectivity index (χ2v) is 6.17. The molecule has 0 saturated carbocycles. The second-order valence-electron chi connectivity index (χ2n) is 5.73. The van der Waals surface area contributed by atoms with Crippen LogP contribution in [0.1, 0.15) is 30.4 Å². The molecular weight excluding hydrogens is 286 g/mol. The molecule has 1 saturated heterocycles. The summed E-state index contributed by atoms with van der Waals surface area (Å²) in [6.07, 6.45) is 4.04. The molecule has 4 heteroatoms. The van der Waals surface area contributed by atoms with Crippen molar-refractivity contribution in [2.75, 3.05) is 39.5 Å². The van der Waals surface area contributed by atoms with Crippen LogP contribution in [0, 0.1) is 13.8 Å². The Bertz CT molecular complexity index is 421. The van der Waals surface area contributed by atoms with Crippen LogP contribution in [0.2, 0.25) is 5.02 Å². The molecule has 1 heterocycles. The van der Waals surface area contributed by atoms with Crippen LogP contribution in [-0.4, -0.2) is 44.4 Å². The van der Waals surface area contributed by atoms with Gasteiger partial charge in [0.1, 0.15) is 12.4 Å². The fraction of sp³-hybridized carbons (Fsp3) is 0.647. The number of benzene rings is 1. The number of ether oxygens (including phenoxy) is 2. The van der Waals surface area contributed by atoms with E-state index >= 15 is 0 Å². The monoisotopic (exact) mass is 311 g/mol. The highest BCUT2D eigenvalue weighted by atomic mass is 35.5. The molecule has 0 radical (unpaired) electrons. The van der Waals surface area contributed by atoms with Gasteiger partial charge in [-0.25, -0.2) is 0 Å². The highest BCUT2D eigenvalue weighted by Gasteiger charge is 2.09. The molecule has 118 valence electrons. The molecule has 2 rings (SSSR count). The first kappa shape index (κ1) is 16.6. The molecule has 0 N–H and O–H groups in total. The molecule has 0 spiro atoms. The van der Waals surface area contributed by atoms with E-state index in [0.29, 0.717) is 13.2 Å². The Kier molecular flexibility index (Phi) is 6.81. The Morgan fingerprint density at radius 2 is 1.67 bits per heavy atom. The van der Waals surface area contributed by atoms with Crippen LogP contribution in [0.3, 0.4) is 0 Å². The fourth-order valence-corrected chi connectivity index (χ4v) is 3.13. The molecule has 0 amide bonds. The maximum Gasteiger partial charge on any atom is 0.125 e. The van der Waals surface area contributed by atoms with Crippen LogP contribution in [-0.2, 0) is 4.74 Å². The summed E-state index contributed by atoms with van der Waals surface area (Å²) >= 11 is 6.01. The average molecular weight is 312 g/mol. The lowest BCUT2D eigenvalue weighted by Gasteiger charge is -2.26. The van der Waals surface area contributed by atoms with Gasteiger partial charge in [-0.3, -0.25) is 0 Å². The average Bonchev–Trinajstić information content (AvgIpc) is 2.45. The minimum absolute atomic E-state index is 0.587. The number of aryl methyl sites for hydroxylation is 2. The summed E-state index contributed by atoms with van der Waals surface area (Å²) in [5, 5.41) is 0.759. The van der Waals surface area contributed by atoms with E-state index in [1.807, 2.05) is 26.0 Å². The smallest absolute Gasteiger partial charge is 0.125 e. The van der Waals surface area contributed by atoms with Gasteiger partial charge in [-0.1, -0.05) is 18.0 Å². The number of nitrogens with zero attached hydrogens (tertiary/aromatic N) is 1. The van der Waals surface area contributed by atoms with Crippen LogP contribution in [0.25, 0.3) is 0 Å². The normalized spacial score (nSPS) is 16.1. The van der Waals surface area contributed by atoms with Crippen LogP contribution in [0.4, 0.5) is 0 Å². The van der Waals surface area contributed by atoms with E-state index in [-0.39, 0.29) is 0 Å². The summed E-state index contributed by atoms with van der Waals surface area (Å²) in [4.78, 5) is 2.48. The molecule has 1 aliphatic heterocycles. The molecule has 0 aliphatic carbocycles.